The molecule has 1 aliphatic rings. The molecule has 1 N–H and O–H groups in total. The second kappa shape index (κ2) is 11.2. The second-order valence-corrected chi connectivity index (χ2v) is 4.97. The minimum absolute atomic E-state index is 0.125. The number of ether oxygens (including phenoxy) is 1. The number of hydrogen-bond donors (Lipinski definition) is 1. The van der Waals surface area contributed by atoms with E-state index >= 15 is 0 Å². The van der Waals surface area contributed by atoms with Crippen LogP contribution in [0.3, 0.4) is 0 Å². The van der Waals surface area contributed by atoms with E-state index < -0.39 is 0 Å². The van der Waals surface area contributed by atoms with Gasteiger partial charge in [-0.25, -0.2) is 0 Å². The highest BCUT2D eigenvalue weighted by Gasteiger charge is 2.35. The maximum absolute atomic E-state index is 12.6. The van der Waals surface area contributed by atoms with Crippen LogP contribution in [0.15, 0.2) is 35.6 Å². The molecule has 1 aliphatic heterocycles. The zero-order valence-corrected chi connectivity index (χ0v) is 15.2. The molecule has 6 nitrogen and oxygen atoms in total. The molecular weight excluding hydrogens is 308 g/mol. The number of imide groups is 1. The number of nitrogens with one attached hydrogen (secondary N) is 1. The van der Waals surface area contributed by atoms with E-state index in [0.717, 1.165) is 5.57 Å². The Balaban J connectivity index is 0.00000254. The average molecular weight is 336 g/mol. The lowest BCUT2D eigenvalue weighted by Gasteiger charge is -2.23. The molecule has 1 saturated heterocycles. The first-order chi connectivity index (χ1) is 11.5. The van der Waals surface area contributed by atoms with Crippen molar-refractivity contribution in [3.63, 3.8) is 0 Å². The predicted octanol–water partition coefficient (Wildman–Crippen LogP) is 2.33. The molecule has 3 amide bonds. The number of methoxy groups -OCH3 is 1. The molecule has 1 heterocycles. The Morgan fingerprint density at radius 1 is 1.46 bits per heavy atom. The van der Waals surface area contributed by atoms with Crippen molar-refractivity contribution >= 4 is 18.2 Å². The Bertz CT molecular complexity index is 535. The summed E-state index contributed by atoms with van der Waals surface area (Å²) < 4.78 is 5.21. The van der Waals surface area contributed by atoms with E-state index in [1.54, 1.807) is 4.90 Å². The van der Waals surface area contributed by atoms with Crippen LogP contribution in [0.4, 0.5) is 0 Å². The molecule has 1 unspecified atom stereocenters. The number of carbonyl (C=O) groups is 3. The van der Waals surface area contributed by atoms with E-state index in [0.29, 0.717) is 30.7 Å². The Kier molecular flexibility index (Phi) is 10.1. The monoisotopic (exact) mass is 336 g/mol. The number of carbonyl (C=O) groups excluding carboxylic acids is 3. The van der Waals surface area contributed by atoms with Crippen LogP contribution in [0.25, 0.3) is 0 Å². The largest absolute Gasteiger partial charge is 0.496 e. The molecular formula is C18H28N2O4. The van der Waals surface area contributed by atoms with Crippen molar-refractivity contribution in [2.75, 3.05) is 13.7 Å². The number of likely N-dealkylation sites (tertiary alicyclic amines) is 1. The molecule has 24 heavy (non-hydrogen) atoms. The molecule has 1 fully saturated rings. The van der Waals surface area contributed by atoms with E-state index in [9.17, 15) is 14.4 Å². The van der Waals surface area contributed by atoms with Gasteiger partial charge in [-0.3, -0.25) is 19.7 Å². The quantitative estimate of drug-likeness (QED) is 0.440. The summed E-state index contributed by atoms with van der Waals surface area (Å²) in [5.74, 6) is -0.0289. The number of allylic oxidation sites excluding steroid dienone is 2. The summed E-state index contributed by atoms with van der Waals surface area (Å²) in [7, 11) is 1.50. The highest BCUT2D eigenvalue weighted by Crippen LogP contribution is 2.29. The molecule has 0 bridgehead atoms. The van der Waals surface area contributed by atoms with Crippen LogP contribution in [0, 0.1) is 0 Å². The number of amides is 3. The van der Waals surface area contributed by atoms with Gasteiger partial charge in [0.2, 0.25) is 12.3 Å². The van der Waals surface area contributed by atoms with Gasteiger partial charge in [0.15, 0.2) is 0 Å². The smallest absolute Gasteiger partial charge is 0.258 e. The predicted molar refractivity (Wildman–Crippen MR) is 94.0 cm³/mol. The third-order valence-corrected chi connectivity index (χ3v) is 3.68. The summed E-state index contributed by atoms with van der Waals surface area (Å²) in [6.45, 7) is 11.9. The van der Waals surface area contributed by atoms with Crippen molar-refractivity contribution in [2.24, 2.45) is 0 Å². The van der Waals surface area contributed by atoms with Gasteiger partial charge in [0.25, 0.3) is 5.91 Å². The van der Waals surface area contributed by atoms with Crippen molar-refractivity contribution in [3.8, 4) is 0 Å². The van der Waals surface area contributed by atoms with Gasteiger partial charge in [0, 0.05) is 19.0 Å². The first-order valence-corrected chi connectivity index (χ1v) is 8.10. The van der Waals surface area contributed by atoms with Crippen LogP contribution in [-0.4, -0.2) is 42.8 Å². The zero-order chi connectivity index (χ0) is 18.7. The Hall–Kier alpha value is -2.37. The van der Waals surface area contributed by atoms with Crippen molar-refractivity contribution in [1.29, 1.82) is 0 Å². The summed E-state index contributed by atoms with van der Waals surface area (Å²) in [5.41, 5.74) is 1.40. The Labute approximate surface area is 144 Å². The normalized spacial score (nSPS) is 18.5. The first kappa shape index (κ1) is 21.6. The van der Waals surface area contributed by atoms with E-state index in [2.05, 4.69) is 11.9 Å². The van der Waals surface area contributed by atoms with Crippen molar-refractivity contribution in [1.82, 2.24) is 10.2 Å². The van der Waals surface area contributed by atoms with Gasteiger partial charge in [-0.1, -0.05) is 26.5 Å². The third-order valence-electron chi connectivity index (χ3n) is 3.68. The lowest BCUT2D eigenvalue weighted by Crippen LogP contribution is -2.35. The lowest BCUT2D eigenvalue weighted by atomic mass is 10.1. The first-order valence-electron chi connectivity index (χ1n) is 8.10. The lowest BCUT2D eigenvalue weighted by molar-refractivity contribution is -0.129. The summed E-state index contributed by atoms with van der Waals surface area (Å²) in [4.78, 5) is 35.8. The van der Waals surface area contributed by atoms with Crippen LogP contribution >= 0.6 is 0 Å². The fraction of sp³-hybridized carbons (Fsp3) is 0.500. The van der Waals surface area contributed by atoms with Crippen molar-refractivity contribution in [3.05, 3.63) is 35.6 Å². The fourth-order valence-electron chi connectivity index (χ4n) is 2.39. The molecule has 0 spiro atoms. The molecule has 0 aromatic rings. The van der Waals surface area contributed by atoms with Crippen molar-refractivity contribution < 1.29 is 19.1 Å². The molecule has 1 rings (SSSR count). The molecule has 0 aliphatic carbocycles. The van der Waals surface area contributed by atoms with Gasteiger partial charge in [-0.15, -0.1) is 0 Å². The maximum Gasteiger partial charge on any atom is 0.258 e. The Morgan fingerprint density at radius 2 is 2.08 bits per heavy atom. The van der Waals surface area contributed by atoms with Crippen molar-refractivity contribution in [2.45, 2.75) is 46.6 Å². The zero-order valence-electron chi connectivity index (χ0n) is 15.2. The molecule has 0 aromatic heterocycles. The number of nitrogens with zero attached hydrogens (tertiary/aromatic N) is 1. The van der Waals surface area contributed by atoms with Gasteiger partial charge in [-0.2, -0.15) is 0 Å². The van der Waals surface area contributed by atoms with E-state index in [1.807, 2.05) is 33.8 Å². The number of hydrogen-bond acceptors (Lipinski definition) is 4. The molecule has 0 aromatic carbocycles. The minimum Gasteiger partial charge on any atom is -0.496 e. The molecule has 6 heteroatoms. The van der Waals surface area contributed by atoms with Gasteiger partial charge < -0.3 is 9.64 Å². The van der Waals surface area contributed by atoms with E-state index in [4.69, 9.17) is 4.74 Å². The minimum atomic E-state index is -0.348. The van der Waals surface area contributed by atoms with Crippen LogP contribution in [-0.2, 0) is 19.1 Å². The highest BCUT2D eigenvalue weighted by atomic mass is 16.5. The van der Waals surface area contributed by atoms with E-state index in [-0.39, 0.29) is 24.3 Å². The van der Waals surface area contributed by atoms with Crippen LogP contribution < -0.4 is 5.32 Å². The van der Waals surface area contributed by atoms with Gasteiger partial charge >= 0.3 is 0 Å². The SMILES string of the molecule is C=C/C(OC)=C1/C(=O)N(C(C)CCC(=O)NC=O)C/C1=C/C.CC. The fourth-order valence-corrected chi connectivity index (χ4v) is 2.39. The summed E-state index contributed by atoms with van der Waals surface area (Å²) >= 11 is 0. The summed E-state index contributed by atoms with van der Waals surface area (Å²) in [6.07, 6.45) is 4.42. The molecule has 0 saturated carbocycles. The van der Waals surface area contributed by atoms with Crippen LogP contribution in [0.5, 0.6) is 0 Å². The molecule has 134 valence electrons. The number of rotatable bonds is 7. The third kappa shape index (κ3) is 5.37. The average Bonchev–Trinajstić information content (AvgIpc) is 2.93. The molecule has 0 radical (unpaired) electrons. The second-order valence-electron chi connectivity index (χ2n) is 4.97. The van der Waals surface area contributed by atoms with Gasteiger partial charge in [0.1, 0.15) is 5.76 Å². The van der Waals surface area contributed by atoms with Crippen LogP contribution in [0.1, 0.15) is 40.5 Å². The summed E-state index contributed by atoms with van der Waals surface area (Å²) in [5, 5.41) is 2.09. The van der Waals surface area contributed by atoms with E-state index in [1.165, 1.54) is 13.2 Å². The Morgan fingerprint density at radius 3 is 2.54 bits per heavy atom. The summed E-state index contributed by atoms with van der Waals surface area (Å²) in [6, 6.07) is -0.125. The topological polar surface area (TPSA) is 75.7 Å². The molecule has 1 atom stereocenters. The maximum atomic E-state index is 12.6. The van der Waals surface area contributed by atoms with Crippen LogP contribution in [0.2, 0.25) is 0 Å². The standard InChI is InChI=1S/C16H22N2O4.C2H6/c1-5-12-9-18(11(3)7-8-14(20)17-10-19)16(21)15(12)13(6-2)22-4;1-2/h5-6,10-11H,2,7-9H2,1,3-4H3,(H,17,19,20);1-2H3/b12-5-,15-13-;. The van der Waals surface area contributed by atoms with Gasteiger partial charge in [0.05, 0.1) is 12.7 Å². The van der Waals surface area contributed by atoms with Gasteiger partial charge in [-0.05, 0) is 31.9 Å². The highest BCUT2D eigenvalue weighted by molar-refractivity contribution is 6.02.